The minimum absolute atomic E-state index is 0.373. The standard InChI is InChI=1S/C12H16N2OS/c1-15-7-2-8-16-11-3-4-12(14)10(9-11)5-6-13/h3-4,9H,2,5,7-8,14H2,1H3. The Balaban J connectivity index is 2.54. The number of ether oxygens (including phenoxy) is 1. The van der Waals surface area contributed by atoms with Crippen LogP contribution in [-0.4, -0.2) is 19.5 Å². The van der Waals surface area contributed by atoms with Crippen molar-refractivity contribution in [2.75, 3.05) is 25.2 Å². The second-order valence-electron chi connectivity index (χ2n) is 3.39. The van der Waals surface area contributed by atoms with Crippen molar-refractivity contribution in [3.63, 3.8) is 0 Å². The zero-order valence-electron chi connectivity index (χ0n) is 9.40. The summed E-state index contributed by atoms with van der Waals surface area (Å²) in [7, 11) is 1.71. The Morgan fingerprint density at radius 2 is 2.31 bits per heavy atom. The summed E-state index contributed by atoms with van der Waals surface area (Å²) < 4.78 is 4.98. The van der Waals surface area contributed by atoms with Crippen LogP contribution < -0.4 is 5.73 Å². The first-order valence-electron chi connectivity index (χ1n) is 5.15. The molecule has 16 heavy (non-hydrogen) atoms. The van der Waals surface area contributed by atoms with E-state index in [0.717, 1.165) is 29.2 Å². The lowest BCUT2D eigenvalue weighted by Gasteiger charge is -2.05. The fourth-order valence-electron chi connectivity index (χ4n) is 1.30. The molecule has 4 heteroatoms. The van der Waals surface area contributed by atoms with Crippen molar-refractivity contribution in [2.45, 2.75) is 17.7 Å². The van der Waals surface area contributed by atoms with Gasteiger partial charge in [0.25, 0.3) is 0 Å². The highest BCUT2D eigenvalue weighted by molar-refractivity contribution is 7.99. The average molecular weight is 236 g/mol. The highest BCUT2D eigenvalue weighted by atomic mass is 32.2. The third kappa shape index (κ3) is 4.13. The van der Waals surface area contributed by atoms with E-state index in [-0.39, 0.29) is 0 Å². The SMILES string of the molecule is COCCCSc1ccc(N)c(CC#N)c1. The Kier molecular flexibility index (Phi) is 5.76. The van der Waals surface area contributed by atoms with Crippen molar-refractivity contribution in [1.82, 2.24) is 0 Å². The molecule has 0 saturated heterocycles. The van der Waals surface area contributed by atoms with E-state index in [2.05, 4.69) is 6.07 Å². The van der Waals surface area contributed by atoms with Gasteiger partial charge in [-0.15, -0.1) is 11.8 Å². The molecule has 2 N–H and O–H groups in total. The molecule has 0 atom stereocenters. The first kappa shape index (κ1) is 12.9. The number of anilines is 1. The molecule has 0 radical (unpaired) electrons. The average Bonchev–Trinajstić information content (AvgIpc) is 2.29. The minimum atomic E-state index is 0.373. The predicted octanol–water partition coefficient (Wildman–Crippen LogP) is 2.46. The van der Waals surface area contributed by atoms with Gasteiger partial charge < -0.3 is 10.5 Å². The van der Waals surface area contributed by atoms with Gasteiger partial charge in [0.2, 0.25) is 0 Å². The molecule has 0 aliphatic rings. The summed E-state index contributed by atoms with van der Waals surface area (Å²) in [4.78, 5) is 1.16. The number of nitriles is 1. The molecule has 0 spiro atoms. The van der Waals surface area contributed by atoms with Crippen LogP contribution in [0, 0.1) is 11.3 Å². The summed E-state index contributed by atoms with van der Waals surface area (Å²) >= 11 is 1.76. The van der Waals surface area contributed by atoms with Crippen molar-refractivity contribution in [2.24, 2.45) is 0 Å². The number of methoxy groups -OCH3 is 1. The Morgan fingerprint density at radius 3 is 3.00 bits per heavy atom. The van der Waals surface area contributed by atoms with E-state index in [9.17, 15) is 0 Å². The van der Waals surface area contributed by atoms with E-state index < -0.39 is 0 Å². The van der Waals surface area contributed by atoms with Gasteiger partial charge in [-0.3, -0.25) is 0 Å². The number of nitrogens with zero attached hydrogens (tertiary/aromatic N) is 1. The van der Waals surface area contributed by atoms with Gasteiger partial charge in [0.05, 0.1) is 12.5 Å². The maximum Gasteiger partial charge on any atom is 0.0670 e. The Bertz CT molecular complexity index is 374. The second kappa shape index (κ2) is 7.15. The summed E-state index contributed by atoms with van der Waals surface area (Å²) in [6, 6.07) is 7.98. The van der Waals surface area contributed by atoms with Gasteiger partial charge in [0, 0.05) is 30.1 Å². The fraction of sp³-hybridized carbons (Fsp3) is 0.417. The molecule has 86 valence electrons. The predicted molar refractivity (Wildman–Crippen MR) is 67.4 cm³/mol. The Labute approximate surface area is 101 Å². The Hall–Kier alpha value is -1.18. The van der Waals surface area contributed by atoms with E-state index >= 15 is 0 Å². The molecule has 1 rings (SSSR count). The third-order valence-electron chi connectivity index (χ3n) is 2.15. The molecule has 0 aliphatic heterocycles. The highest BCUT2D eigenvalue weighted by Crippen LogP contribution is 2.23. The van der Waals surface area contributed by atoms with Crippen LogP contribution in [0.3, 0.4) is 0 Å². The van der Waals surface area contributed by atoms with Crippen LogP contribution in [0.2, 0.25) is 0 Å². The van der Waals surface area contributed by atoms with Crippen LogP contribution in [0.1, 0.15) is 12.0 Å². The number of hydrogen-bond acceptors (Lipinski definition) is 4. The first-order chi connectivity index (χ1) is 7.77. The molecule has 0 bridgehead atoms. The molecule has 0 aliphatic carbocycles. The lowest BCUT2D eigenvalue weighted by Crippen LogP contribution is -1.94. The summed E-state index contributed by atoms with van der Waals surface area (Å²) in [6.45, 7) is 0.785. The minimum Gasteiger partial charge on any atom is -0.398 e. The van der Waals surface area contributed by atoms with Crippen LogP contribution in [0.25, 0.3) is 0 Å². The quantitative estimate of drug-likeness (QED) is 0.468. The van der Waals surface area contributed by atoms with Gasteiger partial charge in [-0.1, -0.05) is 0 Å². The van der Waals surface area contributed by atoms with E-state index in [1.54, 1.807) is 18.9 Å². The third-order valence-corrected chi connectivity index (χ3v) is 3.23. The summed E-state index contributed by atoms with van der Waals surface area (Å²) in [5.74, 6) is 1.02. The second-order valence-corrected chi connectivity index (χ2v) is 4.56. The number of nitrogen functional groups attached to an aromatic ring is 1. The molecule has 0 amide bonds. The summed E-state index contributed by atoms with van der Waals surface area (Å²) in [6.07, 6.45) is 1.40. The normalized spacial score (nSPS) is 10.0. The van der Waals surface area contributed by atoms with Gasteiger partial charge in [0.15, 0.2) is 0 Å². The molecule has 0 saturated carbocycles. The number of rotatable bonds is 6. The van der Waals surface area contributed by atoms with Crippen molar-refractivity contribution in [3.05, 3.63) is 23.8 Å². The number of benzene rings is 1. The molecule has 1 aromatic rings. The van der Waals surface area contributed by atoms with Crippen LogP contribution in [0.15, 0.2) is 23.1 Å². The zero-order chi connectivity index (χ0) is 11.8. The number of nitrogens with two attached hydrogens (primary N) is 1. The van der Waals surface area contributed by atoms with Crippen LogP contribution >= 0.6 is 11.8 Å². The molecule has 0 heterocycles. The van der Waals surface area contributed by atoms with Gasteiger partial charge in [-0.25, -0.2) is 0 Å². The molecular weight excluding hydrogens is 220 g/mol. The summed E-state index contributed by atoms with van der Waals surface area (Å²) in [5, 5.41) is 8.65. The zero-order valence-corrected chi connectivity index (χ0v) is 10.2. The van der Waals surface area contributed by atoms with E-state index in [1.165, 1.54) is 0 Å². The van der Waals surface area contributed by atoms with Gasteiger partial charge >= 0.3 is 0 Å². The smallest absolute Gasteiger partial charge is 0.0670 e. The maximum absolute atomic E-state index is 8.65. The number of hydrogen-bond donors (Lipinski definition) is 1. The maximum atomic E-state index is 8.65. The number of thioether (sulfide) groups is 1. The van der Waals surface area contributed by atoms with Crippen LogP contribution in [-0.2, 0) is 11.2 Å². The lowest BCUT2D eigenvalue weighted by molar-refractivity contribution is 0.200. The van der Waals surface area contributed by atoms with E-state index in [4.69, 9.17) is 15.7 Å². The molecule has 0 fully saturated rings. The van der Waals surface area contributed by atoms with Crippen LogP contribution in [0.5, 0.6) is 0 Å². The van der Waals surface area contributed by atoms with E-state index in [0.29, 0.717) is 12.1 Å². The monoisotopic (exact) mass is 236 g/mol. The highest BCUT2D eigenvalue weighted by Gasteiger charge is 2.01. The van der Waals surface area contributed by atoms with Gasteiger partial charge in [-0.2, -0.15) is 5.26 Å². The van der Waals surface area contributed by atoms with Gasteiger partial charge in [-0.05, 0) is 30.2 Å². The first-order valence-corrected chi connectivity index (χ1v) is 6.13. The molecule has 0 unspecified atom stereocenters. The van der Waals surface area contributed by atoms with E-state index in [1.807, 2.05) is 18.2 Å². The van der Waals surface area contributed by atoms with Crippen molar-refractivity contribution in [1.29, 1.82) is 5.26 Å². The lowest BCUT2D eigenvalue weighted by atomic mass is 10.1. The van der Waals surface area contributed by atoms with Crippen molar-refractivity contribution >= 4 is 17.4 Å². The van der Waals surface area contributed by atoms with Crippen LogP contribution in [0.4, 0.5) is 5.69 Å². The molecule has 3 nitrogen and oxygen atoms in total. The topological polar surface area (TPSA) is 59.0 Å². The molecular formula is C12H16N2OS. The molecule has 1 aromatic carbocycles. The largest absolute Gasteiger partial charge is 0.398 e. The van der Waals surface area contributed by atoms with Crippen molar-refractivity contribution < 1.29 is 4.74 Å². The fourth-order valence-corrected chi connectivity index (χ4v) is 2.19. The Morgan fingerprint density at radius 1 is 1.50 bits per heavy atom. The molecule has 0 aromatic heterocycles. The van der Waals surface area contributed by atoms with Gasteiger partial charge in [0.1, 0.15) is 0 Å². The van der Waals surface area contributed by atoms with Crippen molar-refractivity contribution in [3.8, 4) is 6.07 Å². The summed E-state index contributed by atoms with van der Waals surface area (Å²) in [5.41, 5.74) is 7.38.